The number of rotatable bonds is 4. The Bertz CT molecular complexity index is 588. The van der Waals surface area contributed by atoms with Gasteiger partial charge in [-0.25, -0.2) is 0 Å². The largest absolute Gasteiger partial charge is 0.497 e. The van der Waals surface area contributed by atoms with Gasteiger partial charge in [0, 0.05) is 38.4 Å². The highest BCUT2D eigenvalue weighted by molar-refractivity contribution is 5.92. The summed E-state index contributed by atoms with van der Waals surface area (Å²) in [6, 6.07) is 3.49. The first-order chi connectivity index (χ1) is 11.8. The van der Waals surface area contributed by atoms with Crippen LogP contribution in [0.1, 0.15) is 36.2 Å². The fourth-order valence-electron chi connectivity index (χ4n) is 3.56. The SMILES string of the molecule is COc1ccnc(C(=O)N2CCCN(CC3CC=CCC3)CC2)c1. The number of carbonyl (C=O) groups is 1. The minimum atomic E-state index is 0.0105. The van der Waals surface area contributed by atoms with Gasteiger partial charge in [0.2, 0.25) is 0 Å². The van der Waals surface area contributed by atoms with Crippen LogP contribution in [0, 0.1) is 5.92 Å². The third kappa shape index (κ3) is 4.35. The van der Waals surface area contributed by atoms with Crippen LogP contribution in [0.3, 0.4) is 0 Å². The van der Waals surface area contributed by atoms with Gasteiger partial charge < -0.3 is 14.5 Å². The van der Waals surface area contributed by atoms with Crippen molar-refractivity contribution in [2.24, 2.45) is 5.92 Å². The van der Waals surface area contributed by atoms with Crippen molar-refractivity contribution in [2.75, 3.05) is 39.8 Å². The van der Waals surface area contributed by atoms with Crippen molar-refractivity contribution in [2.45, 2.75) is 25.7 Å². The smallest absolute Gasteiger partial charge is 0.272 e. The molecule has 130 valence electrons. The molecule has 1 aromatic heterocycles. The highest BCUT2D eigenvalue weighted by Gasteiger charge is 2.23. The molecule has 0 N–H and O–H groups in total. The highest BCUT2D eigenvalue weighted by Crippen LogP contribution is 2.20. The second kappa shape index (κ2) is 8.29. The number of ether oxygens (including phenoxy) is 1. The minimum absolute atomic E-state index is 0.0105. The summed E-state index contributed by atoms with van der Waals surface area (Å²) >= 11 is 0. The molecule has 1 aliphatic heterocycles. The predicted molar refractivity (Wildman–Crippen MR) is 94.2 cm³/mol. The summed E-state index contributed by atoms with van der Waals surface area (Å²) in [4.78, 5) is 21.4. The Hall–Kier alpha value is -1.88. The molecule has 1 unspecified atom stereocenters. The van der Waals surface area contributed by atoms with E-state index in [4.69, 9.17) is 4.74 Å². The maximum Gasteiger partial charge on any atom is 0.272 e. The van der Waals surface area contributed by atoms with Crippen molar-refractivity contribution >= 4 is 5.91 Å². The van der Waals surface area contributed by atoms with E-state index in [2.05, 4.69) is 22.0 Å². The molecule has 1 aromatic rings. The normalized spacial score (nSPS) is 22.2. The molecule has 2 heterocycles. The van der Waals surface area contributed by atoms with Crippen molar-refractivity contribution < 1.29 is 9.53 Å². The molecule has 24 heavy (non-hydrogen) atoms. The van der Waals surface area contributed by atoms with E-state index in [0.29, 0.717) is 11.4 Å². The van der Waals surface area contributed by atoms with E-state index in [0.717, 1.165) is 45.1 Å². The molecule has 5 nitrogen and oxygen atoms in total. The number of methoxy groups -OCH3 is 1. The Labute approximate surface area is 144 Å². The van der Waals surface area contributed by atoms with Crippen LogP contribution in [-0.4, -0.2) is 60.5 Å². The van der Waals surface area contributed by atoms with Crippen molar-refractivity contribution in [3.05, 3.63) is 36.2 Å². The van der Waals surface area contributed by atoms with Crippen molar-refractivity contribution in [3.8, 4) is 5.75 Å². The lowest BCUT2D eigenvalue weighted by Gasteiger charge is -2.27. The maximum atomic E-state index is 12.7. The molecule has 0 saturated carbocycles. The van der Waals surface area contributed by atoms with E-state index < -0.39 is 0 Å². The Balaban J connectivity index is 1.56. The highest BCUT2D eigenvalue weighted by atomic mass is 16.5. The second-order valence-electron chi connectivity index (χ2n) is 6.68. The van der Waals surface area contributed by atoms with Crippen LogP contribution >= 0.6 is 0 Å². The number of pyridine rings is 1. The number of hydrogen-bond acceptors (Lipinski definition) is 4. The summed E-state index contributed by atoms with van der Waals surface area (Å²) in [5, 5.41) is 0. The van der Waals surface area contributed by atoms with Gasteiger partial charge in [-0.1, -0.05) is 12.2 Å². The summed E-state index contributed by atoms with van der Waals surface area (Å²) in [5.74, 6) is 1.46. The Kier molecular flexibility index (Phi) is 5.86. The van der Waals surface area contributed by atoms with Crippen LogP contribution in [0.15, 0.2) is 30.5 Å². The summed E-state index contributed by atoms with van der Waals surface area (Å²) in [7, 11) is 1.61. The summed E-state index contributed by atoms with van der Waals surface area (Å²) in [5.41, 5.74) is 0.472. The average molecular weight is 329 g/mol. The summed E-state index contributed by atoms with van der Waals surface area (Å²) < 4.78 is 5.19. The first-order valence-corrected chi connectivity index (χ1v) is 8.93. The summed E-state index contributed by atoms with van der Waals surface area (Å²) in [6.07, 6.45) is 11.0. The quantitative estimate of drug-likeness (QED) is 0.797. The van der Waals surface area contributed by atoms with Gasteiger partial charge in [0.15, 0.2) is 0 Å². The third-order valence-corrected chi connectivity index (χ3v) is 4.96. The Morgan fingerprint density at radius 2 is 2.21 bits per heavy atom. The Morgan fingerprint density at radius 1 is 1.29 bits per heavy atom. The zero-order valence-corrected chi connectivity index (χ0v) is 14.5. The zero-order chi connectivity index (χ0) is 16.8. The van der Waals surface area contributed by atoms with Gasteiger partial charge >= 0.3 is 0 Å². The minimum Gasteiger partial charge on any atom is -0.497 e. The lowest BCUT2D eigenvalue weighted by molar-refractivity contribution is 0.0754. The van der Waals surface area contributed by atoms with Gasteiger partial charge in [-0.2, -0.15) is 0 Å². The van der Waals surface area contributed by atoms with E-state index in [1.165, 1.54) is 19.3 Å². The van der Waals surface area contributed by atoms with E-state index in [1.807, 2.05) is 4.90 Å². The molecule has 1 aliphatic carbocycles. The average Bonchev–Trinajstić information content (AvgIpc) is 2.87. The molecule has 1 atom stereocenters. The molecule has 1 fully saturated rings. The molecule has 1 saturated heterocycles. The number of nitrogens with zero attached hydrogens (tertiary/aromatic N) is 3. The van der Waals surface area contributed by atoms with Gasteiger partial charge in [0.1, 0.15) is 11.4 Å². The number of amides is 1. The number of carbonyl (C=O) groups excluding carboxylic acids is 1. The third-order valence-electron chi connectivity index (χ3n) is 4.96. The van der Waals surface area contributed by atoms with Gasteiger partial charge in [-0.15, -0.1) is 0 Å². The molecular weight excluding hydrogens is 302 g/mol. The van der Waals surface area contributed by atoms with E-state index in [-0.39, 0.29) is 5.91 Å². The number of aromatic nitrogens is 1. The standard InChI is InChI=1S/C19H27N3O2/c1-24-17-8-9-20-18(14-17)19(23)22-11-5-10-21(12-13-22)15-16-6-3-2-4-7-16/h2-3,8-9,14,16H,4-7,10-13,15H2,1H3. The van der Waals surface area contributed by atoms with E-state index in [9.17, 15) is 4.79 Å². The van der Waals surface area contributed by atoms with Crippen LogP contribution < -0.4 is 4.74 Å². The lowest BCUT2D eigenvalue weighted by atomic mass is 9.94. The monoisotopic (exact) mass is 329 g/mol. The maximum absolute atomic E-state index is 12.7. The molecule has 1 amide bonds. The van der Waals surface area contributed by atoms with Crippen LogP contribution in [-0.2, 0) is 0 Å². The molecule has 0 radical (unpaired) electrons. The summed E-state index contributed by atoms with van der Waals surface area (Å²) in [6.45, 7) is 4.77. The molecule has 0 bridgehead atoms. The molecule has 5 heteroatoms. The molecular formula is C19H27N3O2. The molecule has 0 spiro atoms. The molecule has 3 rings (SSSR count). The molecule has 0 aromatic carbocycles. The fourth-order valence-corrected chi connectivity index (χ4v) is 3.56. The van der Waals surface area contributed by atoms with E-state index >= 15 is 0 Å². The van der Waals surface area contributed by atoms with Crippen LogP contribution in [0.25, 0.3) is 0 Å². The van der Waals surface area contributed by atoms with Gasteiger partial charge in [0.05, 0.1) is 7.11 Å². The number of allylic oxidation sites excluding steroid dienone is 2. The zero-order valence-electron chi connectivity index (χ0n) is 14.5. The Morgan fingerprint density at radius 3 is 3.00 bits per heavy atom. The topological polar surface area (TPSA) is 45.7 Å². The van der Waals surface area contributed by atoms with Gasteiger partial charge in [-0.05, 0) is 44.2 Å². The van der Waals surface area contributed by atoms with Crippen LogP contribution in [0.4, 0.5) is 0 Å². The van der Waals surface area contributed by atoms with Crippen molar-refractivity contribution in [1.82, 2.24) is 14.8 Å². The van der Waals surface area contributed by atoms with Crippen LogP contribution in [0.5, 0.6) is 5.75 Å². The van der Waals surface area contributed by atoms with E-state index in [1.54, 1.807) is 25.4 Å². The van der Waals surface area contributed by atoms with Gasteiger partial charge in [-0.3, -0.25) is 9.78 Å². The van der Waals surface area contributed by atoms with Gasteiger partial charge in [0.25, 0.3) is 5.91 Å². The van der Waals surface area contributed by atoms with Crippen LogP contribution in [0.2, 0.25) is 0 Å². The molecule has 2 aliphatic rings. The second-order valence-corrected chi connectivity index (χ2v) is 6.68. The lowest BCUT2D eigenvalue weighted by Crippen LogP contribution is -2.37. The fraction of sp³-hybridized carbons (Fsp3) is 0.579. The van der Waals surface area contributed by atoms with Crippen molar-refractivity contribution in [3.63, 3.8) is 0 Å². The predicted octanol–water partition coefficient (Wildman–Crippen LogP) is 2.59. The van der Waals surface area contributed by atoms with Crippen molar-refractivity contribution in [1.29, 1.82) is 0 Å². The first kappa shape index (κ1) is 17.0. The first-order valence-electron chi connectivity index (χ1n) is 8.93. The number of hydrogen-bond donors (Lipinski definition) is 0.